The fourth-order valence-electron chi connectivity index (χ4n) is 1.21. The highest BCUT2D eigenvalue weighted by Crippen LogP contribution is 2.27. The third kappa shape index (κ3) is 2.34. The number of thiazole rings is 1. The molecule has 0 aliphatic heterocycles. The van der Waals surface area contributed by atoms with Crippen LogP contribution in [-0.4, -0.2) is 4.98 Å². The maximum Gasteiger partial charge on any atom is 0.125 e. The van der Waals surface area contributed by atoms with E-state index in [2.05, 4.69) is 4.98 Å². The molecule has 0 saturated carbocycles. The minimum atomic E-state index is -0.359. The molecule has 2 aromatic rings. The van der Waals surface area contributed by atoms with Gasteiger partial charge in [-0.05, 0) is 18.2 Å². The van der Waals surface area contributed by atoms with Crippen LogP contribution in [0.3, 0.4) is 0 Å². The predicted molar refractivity (Wildman–Crippen MR) is 60.4 cm³/mol. The summed E-state index contributed by atoms with van der Waals surface area (Å²) in [5.74, 6) is -0.359. The van der Waals surface area contributed by atoms with Crippen molar-refractivity contribution < 1.29 is 4.39 Å². The van der Waals surface area contributed by atoms with E-state index in [1.54, 1.807) is 12.3 Å². The quantitative estimate of drug-likeness (QED) is 0.879. The van der Waals surface area contributed by atoms with Crippen LogP contribution in [0.4, 0.5) is 4.39 Å². The number of nitrogens with two attached hydrogens (primary N) is 1. The van der Waals surface area contributed by atoms with Crippen LogP contribution in [0.5, 0.6) is 0 Å². The normalized spacial score (nSPS) is 10.6. The van der Waals surface area contributed by atoms with E-state index in [-0.39, 0.29) is 5.82 Å². The highest BCUT2D eigenvalue weighted by Gasteiger charge is 2.06. The average Bonchev–Trinajstić information content (AvgIpc) is 2.64. The summed E-state index contributed by atoms with van der Waals surface area (Å²) in [5, 5.41) is 1.10. The monoisotopic (exact) mass is 242 g/mol. The Balaban J connectivity index is 2.44. The summed E-state index contributed by atoms with van der Waals surface area (Å²) in [5.41, 5.74) is 6.16. The van der Waals surface area contributed by atoms with E-state index in [1.807, 2.05) is 0 Å². The van der Waals surface area contributed by atoms with Crippen LogP contribution in [0.1, 0.15) is 4.88 Å². The van der Waals surface area contributed by atoms with Crippen molar-refractivity contribution in [3.05, 3.63) is 40.1 Å². The lowest BCUT2D eigenvalue weighted by atomic mass is 10.2. The van der Waals surface area contributed by atoms with Crippen molar-refractivity contribution in [1.29, 1.82) is 0 Å². The van der Waals surface area contributed by atoms with Gasteiger partial charge in [0, 0.05) is 28.2 Å². The molecule has 0 spiro atoms. The van der Waals surface area contributed by atoms with Crippen LogP contribution < -0.4 is 5.73 Å². The van der Waals surface area contributed by atoms with E-state index in [4.69, 9.17) is 17.3 Å². The van der Waals surface area contributed by atoms with Gasteiger partial charge in [-0.15, -0.1) is 11.3 Å². The van der Waals surface area contributed by atoms with Gasteiger partial charge in [0.05, 0.1) is 0 Å². The third-order valence-corrected chi connectivity index (χ3v) is 3.15. The molecule has 0 fully saturated rings. The van der Waals surface area contributed by atoms with Gasteiger partial charge in [0.2, 0.25) is 0 Å². The summed E-state index contributed by atoms with van der Waals surface area (Å²) >= 11 is 7.19. The molecule has 0 atom stereocenters. The second-order valence-corrected chi connectivity index (χ2v) is 4.55. The van der Waals surface area contributed by atoms with Gasteiger partial charge in [-0.2, -0.15) is 0 Å². The predicted octanol–water partition coefficient (Wildman–Crippen LogP) is 3.06. The maximum absolute atomic E-state index is 13.1. The van der Waals surface area contributed by atoms with Gasteiger partial charge < -0.3 is 5.73 Å². The van der Waals surface area contributed by atoms with Crippen LogP contribution in [0.25, 0.3) is 10.6 Å². The average molecular weight is 243 g/mol. The Hall–Kier alpha value is -0.970. The Labute approximate surface area is 95.5 Å². The molecule has 15 heavy (non-hydrogen) atoms. The number of halogens is 2. The Kier molecular flexibility index (Phi) is 3.00. The van der Waals surface area contributed by atoms with Gasteiger partial charge in [-0.3, -0.25) is 0 Å². The van der Waals surface area contributed by atoms with E-state index >= 15 is 0 Å². The van der Waals surface area contributed by atoms with E-state index in [9.17, 15) is 4.39 Å². The van der Waals surface area contributed by atoms with Crippen LogP contribution in [0, 0.1) is 5.82 Å². The molecule has 0 aliphatic rings. The van der Waals surface area contributed by atoms with Crippen molar-refractivity contribution >= 4 is 22.9 Å². The first kappa shape index (κ1) is 10.5. The molecule has 2 N–H and O–H groups in total. The standard InChI is InChI=1S/C10H8ClFN2S/c11-7-1-6(2-8(12)3-7)10-14-5-9(4-13)15-10/h1-3,5H,4,13H2. The maximum atomic E-state index is 13.1. The molecule has 2 nitrogen and oxygen atoms in total. The Morgan fingerprint density at radius 3 is 2.80 bits per heavy atom. The highest BCUT2D eigenvalue weighted by molar-refractivity contribution is 7.15. The number of hydrogen-bond donors (Lipinski definition) is 1. The number of nitrogens with zero attached hydrogens (tertiary/aromatic N) is 1. The largest absolute Gasteiger partial charge is 0.326 e. The molecule has 0 unspecified atom stereocenters. The molecule has 0 aliphatic carbocycles. The minimum absolute atomic E-state index is 0.359. The summed E-state index contributed by atoms with van der Waals surface area (Å²) in [4.78, 5) is 5.12. The lowest BCUT2D eigenvalue weighted by Gasteiger charge is -1.97. The Morgan fingerprint density at radius 1 is 1.40 bits per heavy atom. The molecule has 0 bridgehead atoms. The van der Waals surface area contributed by atoms with Crippen molar-refractivity contribution in [1.82, 2.24) is 4.98 Å². The number of rotatable bonds is 2. The Bertz CT molecular complexity index is 464. The smallest absolute Gasteiger partial charge is 0.125 e. The van der Waals surface area contributed by atoms with E-state index in [0.717, 1.165) is 9.88 Å². The van der Waals surface area contributed by atoms with E-state index in [0.29, 0.717) is 17.1 Å². The number of benzene rings is 1. The Morgan fingerprint density at radius 2 is 2.20 bits per heavy atom. The zero-order valence-corrected chi connectivity index (χ0v) is 9.28. The summed E-state index contributed by atoms with van der Waals surface area (Å²) in [6, 6.07) is 4.36. The molecule has 0 radical (unpaired) electrons. The van der Waals surface area contributed by atoms with Crippen molar-refractivity contribution in [3.8, 4) is 10.6 Å². The molecule has 2 rings (SSSR count). The molecule has 1 aromatic heterocycles. The van der Waals surface area contributed by atoms with Gasteiger partial charge >= 0.3 is 0 Å². The van der Waals surface area contributed by atoms with Crippen molar-refractivity contribution in [2.24, 2.45) is 5.73 Å². The third-order valence-electron chi connectivity index (χ3n) is 1.86. The zero-order valence-electron chi connectivity index (χ0n) is 7.71. The lowest BCUT2D eigenvalue weighted by molar-refractivity contribution is 0.628. The molecule has 1 aromatic carbocycles. The van der Waals surface area contributed by atoms with Gasteiger partial charge in [0.25, 0.3) is 0 Å². The molecule has 0 amide bonds. The summed E-state index contributed by atoms with van der Waals surface area (Å²) in [6.07, 6.45) is 1.69. The summed E-state index contributed by atoms with van der Waals surface area (Å²) < 4.78 is 13.1. The van der Waals surface area contributed by atoms with Crippen LogP contribution in [-0.2, 0) is 6.54 Å². The zero-order chi connectivity index (χ0) is 10.8. The van der Waals surface area contributed by atoms with Crippen LogP contribution in [0.15, 0.2) is 24.4 Å². The number of hydrogen-bond acceptors (Lipinski definition) is 3. The first-order valence-corrected chi connectivity index (χ1v) is 5.50. The first-order chi connectivity index (χ1) is 7.19. The van der Waals surface area contributed by atoms with Crippen LogP contribution >= 0.6 is 22.9 Å². The number of aromatic nitrogens is 1. The fraction of sp³-hybridized carbons (Fsp3) is 0.100. The molecule has 1 heterocycles. The second-order valence-electron chi connectivity index (χ2n) is 2.99. The van der Waals surface area contributed by atoms with Gasteiger partial charge in [0.1, 0.15) is 10.8 Å². The van der Waals surface area contributed by atoms with Crippen molar-refractivity contribution in [2.45, 2.75) is 6.54 Å². The molecule has 0 saturated heterocycles. The van der Waals surface area contributed by atoms with Crippen molar-refractivity contribution in [3.63, 3.8) is 0 Å². The topological polar surface area (TPSA) is 38.9 Å². The second kappa shape index (κ2) is 4.26. The van der Waals surface area contributed by atoms with E-state index in [1.165, 1.54) is 23.5 Å². The van der Waals surface area contributed by atoms with Crippen LogP contribution in [0.2, 0.25) is 5.02 Å². The molecular weight excluding hydrogens is 235 g/mol. The van der Waals surface area contributed by atoms with Gasteiger partial charge in [-0.1, -0.05) is 11.6 Å². The minimum Gasteiger partial charge on any atom is -0.326 e. The lowest BCUT2D eigenvalue weighted by Crippen LogP contribution is -1.91. The van der Waals surface area contributed by atoms with Crippen molar-refractivity contribution in [2.75, 3.05) is 0 Å². The molecule has 78 valence electrons. The molecule has 5 heteroatoms. The molecular formula is C10H8ClFN2S. The van der Waals surface area contributed by atoms with Gasteiger partial charge in [0.15, 0.2) is 0 Å². The summed E-state index contributed by atoms with van der Waals surface area (Å²) in [6.45, 7) is 0.445. The SMILES string of the molecule is NCc1cnc(-c2cc(F)cc(Cl)c2)s1. The van der Waals surface area contributed by atoms with E-state index < -0.39 is 0 Å². The first-order valence-electron chi connectivity index (χ1n) is 4.30. The summed E-state index contributed by atoms with van der Waals surface area (Å²) in [7, 11) is 0. The highest BCUT2D eigenvalue weighted by atomic mass is 35.5. The fourth-order valence-corrected chi connectivity index (χ4v) is 2.21. The van der Waals surface area contributed by atoms with Gasteiger partial charge in [-0.25, -0.2) is 9.37 Å².